The fourth-order valence-electron chi connectivity index (χ4n) is 3.67. The summed E-state index contributed by atoms with van der Waals surface area (Å²) in [5.74, 6) is -0.985. The number of aromatic nitrogens is 2. The summed E-state index contributed by atoms with van der Waals surface area (Å²) in [5.41, 5.74) is 5.00. The van der Waals surface area contributed by atoms with Crippen molar-refractivity contribution in [2.75, 3.05) is 11.9 Å². The van der Waals surface area contributed by atoms with Gasteiger partial charge in [-0.15, -0.1) is 11.3 Å². The number of pyridine rings is 1. The topological polar surface area (TPSA) is 93.5 Å². The quantitative estimate of drug-likeness (QED) is 0.368. The molecule has 3 heterocycles. The fraction of sp³-hybridized carbons (Fsp3) is 0.115. The third-order valence-electron chi connectivity index (χ3n) is 5.33. The van der Waals surface area contributed by atoms with E-state index in [1.165, 1.54) is 23.5 Å². The van der Waals surface area contributed by atoms with E-state index in [-0.39, 0.29) is 30.4 Å². The van der Waals surface area contributed by atoms with Crippen molar-refractivity contribution in [3.05, 3.63) is 83.2 Å². The summed E-state index contributed by atoms with van der Waals surface area (Å²) in [6.07, 6.45) is 1.70. The molecule has 0 unspecified atom stereocenters. The molecule has 0 saturated carbocycles. The van der Waals surface area contributed by atoms with Gasteiger partial charge in [0.1, 0.15) is 10.8 Å². The molecule has 0 fully saturated rings. The van der Waals surface area contributed by atoms with Gasteiger partial charge in [0, 0.05) is 17.1 Å². The Kier molecular flexibility index (Phi) is 6.15. The minimum absolute atomic E-state index is 0.0793. The Hall–Kier alpha value is -4.24. The second-order valence-corrected chi connectivity index (χ2v) is 8.57. The summed E-state index contributed by atoms with van der Waals surface area (Å²) >= 11 is 1.29. The van der Waals surface area contributed by atoms with Crippen LogP contribution in [0.15, 0.2) is 71.2 Å². The molecular weight excluding hydrogens is 467 g/mol. The molecule has 2 aromatic carbocycles. The first-order valence-corrected chi connectivity index (χ1v) is 11.7. The maximum atomic E-state index is 13.3. The Morgan fingerprint density at radius 1 is 1.09 bits per heavy atom. The number of hydrogen-bond donors (Lipinski definition) is 1. The third-order valence-corrected chi connectivity index (χ3v) is 6.20. The summed E-state index contributed by atoms with van der Waals surface area (Å²) in [6, 6.07) is 15.3. The van der Waals surface area contributed by atoms with Gasteiger partial charge >= 0.3 is 5.97 Å². The van der Waals surface area contributed by atoms with Crippen LogP contribution in [0, 0.1) is 5.82 Å². The molecule has 9 heteroatoms. The maximum absolute atomic E-state index is 13.3. The maximum Gasteiger partial charge on any atom is 0.357 e. The Balaban J connectivity index is 1.47. The molecule has 0 spiro atoms. The molecule has 7 nitrogen and oxygen atoms in total. The molecular formula is C26H19FN4O3S. The number of aliphatic imine (C=N–C) groups is 1. The van der Waals surface area contributed by atoms with Crippen molar-refractivity contribution in [3.8, 4) is 21.8 Å². The average molecular weight is 487 g/mol. The number of nitrogens with one attached hydrogen (secondary N) is 1. The van der Waals surface area contributed by atoms with E-state index in [4.69, 9.17) is 9.73 Å². The zero-order valence-electron chi connectivity index (χ0n) is 18.6. The Bertz CT molecular complexity index is 1460. The van der Waals surface area contributed by atoms with Gasteiger partial charge in [-0.3, -0.25) is 14.8 Å². The monoisotopic (exact) mass is 486 g/mol. The zero-order chi connectivity index (χ0) is 24.4. The number of anilines is 1. The van der Waals surface area contributed by atoms with Crippen LogP contribution in [-0.4, -0.2) is 34.2 Å². The summed E-state index contributed by atoms with van der Waals surface area (Å²) in [7, 11) is 0. The largest absolute Gasteiger partial charge is 0.461 e. The van der Waals surface area contributed by atoms with Crippen LogP contribution in [-0.2, 0) is 9.53 Å². The molecule has 0 aliphatic carbocycles. The molecule has 0 saturated heterocycles. The van der Waals surface area contributed by atoms with Crippen LogP contribution in [0.2, 0.25) is 0 Å². The van der Waals surface area contributed by atoms with Crippen LogP contribution in [0.5, 0.6) is 0 Å². The van der Waals surface area contributed by atoms with Crippen molar-refractivity contribution in [3.63, 3.8) is 0 Å². The van der Waals surface area contributed by atoms with Crippen molar-refractivity contribution >= 4 is 40.3 Å². The van der Waals surface area contributed by atoms with Gasteiger partial charge < -0.3 is 10.1 Å². The number of carbonyl (C=O) groups excluding carboxylic acids is 2. The van der Waals surface area contributed by atoms with Gasteiger partial charge in [-0.1, -0.05) is 18.2 Å². The number of hydrogen-bond acceptors (Lipinski definition) is 7. The number of nitrogens with zero attached hydrogens (tertiary/aromatic N) is 3. The Labute approximate surface area is 204 Å². The highest BCUT2D eigenvalue weighted by Crippen LogP contribution is 2.34. The van der Waals surface area contributed by atoms with Gasteiger partial charge in [-0.2, -0.15) is 0 Å². The van der Waals surface area contributed by atoms with E-state index in [1.807, 2.05) is 18.2 Å². The molecule has 1 aliphatic heterocycles. The molecule has 1 N–H and O–H groups in total. The summed E-state index contributed by atoms with van der Waals surface area (Å²) in [6.45, 7) is 2.01. The van der Waals surface area contributed by atoms with E-state index < -0.39 is 5.97 Å². The lowest BCUT2D eigenvalue weighted by Crippen LogP contribution is -2.15. The number of halogens is 1. The first-order chi connectivity index (χ1) is 17.0. The number of rotatable bonds is 5. The van der Waals surface area contributed by atoms with E-state index in [2.05, 4.69) is 15.3 Å². The predicted molar refractivity (Wildman–Crippen MR) is 133 cm³/mol. The van der Waals surface area contributed by atoms with E-state index in [0.717, 1.165) is 16.7 Å². The summed E-state index contributed by atoms with van der Waals surface area (Å²) in [5, 5.41) is 5.11. The van der Waals surface area contributed by atoms with Crippen LogP contribution < -0.4 is 5.32 Å². The van der Waals surface area contributed by atoms with Crippen LogP contribution in [0.4, 0.5) is 15.8 Å². The molecule has 0 atom stereocenters. The molecule has 5 rings (SSSR count). The van der Waals surface area contributed by atoms with Gasteiger partial charge in [-0.05, 0) is 54.4 Å². The minimum Gasteiger partial charge on any atom is -0.461 e. The second-order valence-electron chi connectivity index (χ2n) is 7.71. The lowest BCUT2D eigenvalue weighted by atomic mass is 10.0. The number of thiazole rings is 1. The predicted octanol–water partition coefficient (Wildman–Crippen LogP) is 5.65. The van der Waals surface area contributed by atoms with Crippen LogP contribution in [0.3, 0.4) is 0 Å². The van der Waals surface area contributed by atoms with Crippen LogP contribution in [0.25, 0.3) is 21.8 Å². The highest BCUT2D eigenvalue weighted by molar-refractivity contribution is 7.13. The van der Waals surface area contributed by atoms with Crippen molar-refractivity contribution in [1.29, 1.82) is 0 Å². The van der Waals surface area contributed by atoms with Crippen molar-refractivity contribution in [2.24, 2.45) is 4.99 Å². The molecule has 1 amide bonds. The van der Waals surface area contributed by atoms with Crippen LogP contribution in [0.1, 0.15) is 29.4 Å². The second kappa shape index (κ2) is 9.55. The standard InChI is InChI=1S/C26H19FN4O3S/c1-2-34-26(33)23-14-35-25(31-23)22-12-17(9-10-28-22)20-13-24(32)30-21-11-16(5-8-19(21)29-20)15-3-6-18(27)7-4-15/h3-12,14H,2,13H2,1H3,(H,30,32). The first kappa shape index (κ1) is 22.5. The SMILES string of the molecule is CCOC(=O)c1csc(-c2cc(C3=Nc4ccc(-c5ccc(F)cc5)cc4NC(=O)C3)ccn2)n1. The lowest BCUT2D eigenvalue weighted by Gasteiger charge is -2.08. The highest BCUT2D eigenvalue weighted by atomic mass is 32.1. The number of fused-ring (bicyclic) bond motifs is 1. The number of carbonyl (C=O) groups is 2. The van der Waals surface area contributed by atoms with E-state index >= 15 is 0 Å². The Morgan fingerprint density at radius 2 is 1.89 bits per heavy atom. The molecule has 1 aliphatic rings. The highest BCUT2D eigenvalue weighted by Gasteiger charge is 2.19. The number of amides is 1. The molecule has 35 heavy (non-hydrogen) atoms. The van der Waals surface area contributed by atoms with E-state index in [1.54, 1.807) is 42.8 Å². The van der Waals surface area contributed by atoms with Crippen LogP contribution >= 0.6 is 11.3 Å². The molecule has 0 radical (unpaired) electrons. The van der Waals surface area contributed by atoms with Crippen molar-refractivity contribution in [2.45, 2.75) is 13.3 Å². The van der Waals surface area contributed by atoms with Gasteiger partial charge in [0.25, 0.3) is 0 Å². The van der Waals surface area contributed by atoms with E-state index in [9.17, 15) is 14.0 Å². The molecule has 174 valence electrons. The van der Waals surface area contributed by atoms with Gasteiger partial charge in [0.05, 0.1) is 35.8 Å². The molecule has 4 aromatic rings. The van der Waals surface area contributed by atoms with Crippen molar-refractivity contribution < 1.29 is 18.7 Å². The lowest BCUT2D eigenvalue weighted by molar-refractivity contribution is -0.115. The van der Waals surface area contributed by atoms with E-state index in [0.29, 0.717) is 27.8 Å². The number of esters is 1. The number of benzene rings is 2. The van der Waals surface area contributed by atoms with Gasteiger partial charge in [0.15, 0.2) is 5.69 Å². The summed E-state index contributed by atoms with van der Waals surface area (Å²) in [4.78, 5) is 38.1. The average Bonchev–Trinajstić information content (AvgIpc) is 3.29. The van der Waals surface area contributed by atoms with Gasteiger partial charge in [-0.25, -0.2) is 14.2 Å². The van der Waals surface area contributed by atoms with Gasteiger partial charge in [0.2, 0.25) is 5.91 Å². The third kappa shape index (κ3) is 4.85. The minimum atomic E-state index is -0.479. The normalized spacial score (nSPS) is 12.9. The van der Waals surface area contributed by atoms with Crippen molar-refractivity contribution in [1.82, 2.24) is 9.97 Å². The summed E-state index contributed by atoms with van der Waals surface area (Å²) < 4.78 is 18.3. The first-order valence-electron chi connectivity index (χ1n) is 10.9. The Morgan fingerprint density at radius 3 is 2.69 bits per heavy atom. The smallest absolute Gasteiger partial charge is 0.357 e. The zero-order valence-corrected chi connectivity index (χ0v) is 19.4. The fourth-order valence-corrected chi connectivity index (χ4v) is 4.43. The molecule has 2 aromatic heterocycles. The number of ether oxygens (including phenoxy) is 1. The molecule has 0 bridgehead atoms.